The van der Waals surface area contributed by atoms with E-state index in [-0.39, 0.29) is 0 Å². The van der Waals surface area contributed by atoms with Crippen LogP contribution in [-0.4, -0.2) is 43.3 Å². The van der Waals surface area contributed by atoms with E-state index >= 15 is 0 Å². The lowest BCUT2D eigenvalue weighted by molar-refractivity contribution is 0.615. The molecule has 1 aromatic carbocycles. The molecule has 0 atom stereocenters. The summed E-state index contributed by atoms with van der Waals surface area (Å²) in [7, 11) is 5.31. The second kappa shape index (κ2) is 12.8. The third kappa shape index (κ3) is 7.98. The third-order valence-corrected chi connectivity index (χ3v) is 6.14. The van der Waals surface area contributed by atoms with Crippen LogP contribution in [-0.2, 0) is 15.6 Å². The first-order valence-electron chi connectivity index (χ1n) is 11.9. The van der Waals surface area contributed by atoms with Crippen LogP contribution in [0.1, 0.15) is 63.5 Å². The van der Waals surface area contributed by atoms with Crippen LogP contribution >= 0.6 is 22.3 Å². The number of imidazole rings is 1. The number of rotatable bonds is 9. The summed E-state index contributed by atoms with van der Waals surface area (Å²) in [4.78, 5) is 11.5. The highest BCUT2D eigenvalue weighted by Crippen LogP contribution is 2.36. The molecule has 10 heteroatoms. The molecule has 0 fully saturated rings. The van der Waals surface area contributed by atoms with Gasteiger partial charge >= 0.3 is 0 Å². The lowest BCUT2D eigenvalue weighted by Gasteiger charge is -2.18. The normalized spacial score (nSPS) is 11.5. The second-order valence-corrected chi connectivity index (χ2v) is 12.3. The van der Waals surface area contributed by atoms with Gasteiger partial charge in [0.25, 0.3) is 0 Å². The maximum absolute atomic E-state index is 9.40. The van der Waals surface area contributed by atoms with Gasteiger partial charge in [-0.2, -0.15) is 0 Å². The first-order valence-corrected chi connectivity index (χ1v) is 15.0. The molecule has 0 saturated carbocycles. The molecule has 0 amide bonds. The third-order valence-electron chi connectivity index (χ3n) is 5.84. The van der Waals surface area contributed by atoms with Crippen molar-refractivity contribution in [3.8, 4) is 0 Å². The molecule has 0 aliphatic carbocycles. The van der Waals surface area contributed by atoms with E-state index in [0.717, 1.165) is 67.0 Å². The summed E-state index contributed by atoms with van der Waals surface area (Å²) in [6, 6.07) is 6.27. The summed E-state index contributed by atoms with van der Waals surface area (Å²) >= 11 is 6.61. The number of pyridine rings is 1. The lowest BCUT2D eigenvalue weighted by atomic mass is 9.93. The molecule has 194 valence electrons. The van der Waals surface area contributed by atoms with Crippen molar-refractivity contribution in [1.82, 2.24) is 14.5 Å². The van der Waals surface area contributed by atoms with Crippen molar-refractivity contribution in [3.05, 3.63) is 40.5 Å². The Morgan fingerprint density at radius 2 is 1.80 bits per heavy atom. The highest BCUT2D eigenvalue weighted by atomic mass is 35.7. The fraction of sp³-hybridized carbons (Fsp3) is 0.520. The summed E-state index contributed by atoms with van der Waals surface area (Å²) in [5, 5.41) is 4.25. The number of nitrogens with one attached hydrogen (secondary N) is 1. The zero-order valence-corrected chi connectivity index (χ0v) is 24.0. The second-order valence-electron chi connectivity index (χ2n) is 8.85. The highest BCUT2D eigenvalue weighted by Gasteiger charge is 2.21. The monoisotopic (exact) mass is 541 g/mol. The van der Waals surface area contributed by atoms with Gasteiger partial charge in [-0.15, -0.1) is 0 Å². The lowest BCUT2D eigenvalue weighted by Crippen LogP contribution is -2.11. The van der Waals surface area contributed by atoms with Crippen molar-refractivity contribution in [1.29, 1.82) is 0 Å². The van der Waals surface area contributed by atoms with Crippen LogP contribution in [0.15, 0.2) is 24.4 Å². The predicted molar refractivity (Wildman–Crippen MR) is 150 cm³/mol. The van der Waals surface area contributed by atoms with Gasteiger partial charge in [0.05, 0.1) is 28.7 Å². The number of anilines is 3. The minimum atomic E-state index is -3.19. The van der Waals surface area contributed by atoms with Crippen LogP contribution < -0.4 is 10.2 Å². The van der Waals surface area contributed by atoms with Gasteiger partial charge in [0.15, 0.2) is 0 Å². The zero-order chi connectivity index (χ0) is 26.3. The van der Waals surface area contributed by atoms with Crippen molar-refractivity contribution < 1.29 is 8.42 Å². The number of unbranched alkanes of at least 4 members (excludes halogenated alkanes) is 1. The summed E-state index contributed by atoms with van der Waals surface area (Å²) in [6.07, 6.45) is 7.23. The highest BCUT2D eigenvalue weighted by molar-refractivity contribution is 8.13. The number of nitrogens with zero attached hydrogens (tertiary/aromatic N) is 4. The van der Waals surface area contributed by atoms with Crippen LogP contribution in [0.2, 0.25) is 5.02 Å². The number of aromatic nitrogens is 3. The van der Waals surface area contributed by atoms with Crippen molar-refractivity contribution in [3.63, 3.8) is 0 Å². The average Bonchev–Trinajstić information content (AvgIpc) is 3.13. The molecular formula is C25H37Cl2N5O2S. The summed E-state index contributed by atoms with van der Waals surface area (Å²) in [5.41, 5.74) is 5.50. The minimum absolute atomic E-state index is 0.498. The predicted octanol–water partition coefficient (Wildman–Crippen LogP) is 7.09. The van der Waals surface area contributed by atoms with Gasteiger partial charge < -0.3 is 14.8 Å². The molecule has 0 aliphatic heterocycles. The Morgan fingerprint density at radius 3 is 2.31 bits per heavy atom. The van der Waals surface area contributed by atoms with Crippen molar-refractivity contribution >= 4 is 59.8 Å². The van der Waals surface area contributed by atoms with Crippen LogP contribution in [0.4, 0.5) is 17.5 Å². The molecule has 0 radical (unpaired) electrons. The molecule has 2 heterocycles. The molecule has 3 aromatic rings. The van der Waals surface area contributed by atoms with E-state index in [2.05, 4.69) is 65.4 Å². The molecule has 0 bridgehead atoms. The number of hydrogen-bond donors (Lipinski definition) is 1. The molecule has 0 aliphatic rings. The summed E-state index contributed by atoms with van der Waals surface area (Å²) < 4.78 is 21.1. The first kappa shape index (κ1) is 29.2. The van der Waals surface area contributed by atoms with Gasteiger partial charge in [0.1, 0.15) is 11.3 Å². The van der Waals surface area contributed by atoms with Gasteiger partial charge in [0, 0.05) is 31.3 Å². The van der Waals surface area contributed by atoms with Crippen LogP contribution in [0.5, 0.6) is 0 Å². The van der Waals surface area contributed by atoms with Crippen molar-refractivity contribution in [2.45, 2.75) is 65.8 Å². The number of fused-ring (bicyclic) bond motifs is 1. The SMILES string of the molecule is CCCCn1c(Nc2cnc(N(C)C)cc2C)nc2c(Cl)ccc(C(CC)CC)c21.CS(=O)(=O)Cl. The minimum Gasteiger partial charge on any atom is -0.363 e. The maximum Gasteiger partial charge on any atom is 0.229 e. The smallest absolute Gasteiger partial charge is 0.229 e. The standard InChI is InChI=1S/C24H34ClN5.CH3ClO2S/c1-7-10-13-30-23-18(17(8-2)9-3)11-12-19(25)22(23)28-24(30)27-20-15-26-21(29(5)6)14-16(20)4;1-5(2,3)4/h11-12,14-15,17H,7-10,13H2,1-6H3,(H,27,28);1H3. The Hall–Kier alpha value is -2.03. The van der Waals surface area contributed by atoms with Crippen molar-refractivity contribution in [2.75, 3.05) is 30.6 Å². The van der Waals surface area contributed by atoms with E-state index in [4.69, 9.17) is 16.6 Å². The Bertz CT molecular complexity index is 1230. The maximum atomic E-state index is 9.40. The van der Waals surface area contributed by atoms with Gasteiger partial charge in [-0.1, -0.05) is 44.9 Å². The molecule has 3 rings (SSSR count). The van der Waals surface area contributed by atoms with Gasteiger partial charge in [0.2, 0.25) is 15.0 Å². The molecular weight excluding hydrogens is 505 g/mol. The summed E-state index contributed by atoms with van der Waals surface area (Å²) in [6.45, 7) is 9.72. The van der Waals surface area contributed by atoms with E-state index in [1.54, 1.807) is 0 Å². The number of halogens is 2. The van der Waals surface area contributed by atoms with Gasteiger partial charge in [-0.05, 0) is 55.4 Å². The Balaban J connectivity index is 0.000000784. The largest absolute Gasteiger partial charge is 0.363 e. The van der Waals surface area contributed by atoms with Crippen LogP contribution in [0.25, 0.3) is 11.0 Å². The number of benzene rings is 1. The molecule has 0 spiro atoms. The fourth-order valence-corrected chi connectivity index (χ4v) is 4.15. The molecule has 35 heavy (non-hydrogen) atoms. The number of hydrogen-bond acceptors (Lipinski definition) is 6. The first-order chi connectivity index (χ1) is 16.4. The van der Waals surface area contributed by atoms with E-state index < -0.39 is 9.05 Å². The van der Waals surface area contributed by atoms with Gasteiger partial charge in [-0.25, -0.2) is 18.4 Å². The number of aryl methyl sites for hydroxylation is 2. The summed E-state index contributed by atoms with van der Waals surface area (Å²) in [5.74, 6) is 2.27. The van der Waals surface area contributed by atoms with Gasteiger partial charge in [-0.3, -0.25) is 0 Å². The van der Waals surface area contributed by atoms with E-state index in [9.17, 15) is 8.42 Å². The fourth-order valence-electron chi connectivity index (χ4n) is 3.96. The Morgan fingerprint density at radius 1 is 1.17 bits per heavy atom. The van der Waals surface area contributed by atoms with E-state index in [1.807, 2.05) is 31.3 Å². The van der Waals surface area contributed by atoms with Crippen LogP contribution in [0, 0.1) is 6.92 Å². The molecule has 0 saturated heterocycles. The molecule has 2 aromatic heterocycles. The van der Waals surface area contributed by atoms with Crippen LogP contribution in [0.3, 0.4) is 0 Å². The molecule has 7 nitrogen and oxygen atoms in total. The van der Waals surface area contributed by atoms with E-state index in [1.165, 1.54) is 11.1 Å². The van der Waals surface area contributed by atoms with Crippen molar-refractivity contribution in [2.24, 2.45) is 0 Å². The molecule has 1 N–H and O–H groups in total. The zero-order valence-electron chi connectivity index (χ0n) is 21.7. The van der Waals surface area contributed by atoms with E-state index in [0.29, 0.717) is 10.9 Å². The quantitative estimate of drug-likeness (QED) is 0.291. The average molecular weight is 543 g/mol. The topological polar surface area (TPSA) is 80.1 Å². The molecule has 0 unspecified atom stereocenters. The Kier molecular flexibility index (Phi) is 10.7. The Labute approximate surface area is 219 Å².